The fourth-order valence-corrected chi connectivity index (χ4v) is 3.10. The Morgan fingerprint density at radius 3 is 2.44 bits per heavy atom. The summed E-state index contributed by atoms with van der Waals surface area (Å²) in [6.07, 6.45) is 3.91. The molecule has 1 aliphatic rings. The van der Waals surface area contributed by atoms with Gasteiger partial charge in [0, 0.05) is 56.6 Å². The van der Waals surface area contributed by atoms with Gasteiger partial charge in [-0.2, -0.15) is 4.98 Å². The predicted molar refractivity (Wildman–Crippen MR) is 97.6 cm³/mol. The lowest BCUT2D eigenvalue weighted by Crippen LogP contribution is -2.46. The molecule has 1 saturated heterocycles. The average molecular weight is 337 g/mol. The third kappa shape index (κ3) is 3.49. The number of piperazine rings is 1. The fraction of sp³-hybridized carbons (Fsp3) is 0.421. The normalized spacial score (nSPS) is 16.0. The van der Waals surface area contributed by atoms with Crippen LogP contribution in [0.15, 0.2) is 41.1 Å². The Labute approximate surface area is 147 Å². The Bertz CT molecular complexity index is 801. The van der Waals surface area contributed by atoms with E-state index >= 15 is 0 Å². The van der Waals surface area contributed by atoms with Crippen LogP contribution in [0.5, 0.6) is 0 Å². The standard InChI is InChI=1S/C19H23N5O/c1-14(2)18-20-11-15(12-21-18)13-23-7-9-24(10-8-23)19-22-16-5-3-4-6-17(16)25-19/h3-6,11-12,14H,7-10,13H2,1-2H3. The third-order valence-corrected chi connectivity index (χ3v) is 4.57. The van der Waals surface area contributed by atoms with Crippen molar-refractivity contribution in [3.8, 4) is 0 Å². The van der Waals surface area contributed by atoms with Gasteiger partial charge in [0.25, 0.3) is 6.01 Å². The van der Waals surface area contributed by atoms with Gasteiger partial charge in [0.1, 0.15) is 11.3 Å². The van der Waals surface area contributed by atoms with Crippen LogP contribution in [0.25, 0.3) is 11.1 Å². The number of oxazole rings is 1. The van der Waals surface area contributed by atoms with E-state index in [0.29, 0.717) is 5.92 Å². The van der Waals surface area contributed by atoms with Crippen LogP contribution in [0.1, 0.15) is 31.2 Å². The zero-order valence-electron chi connectivity index (χ0n) is 14.7. The van der Waals surface area contributed by atoms with E-state index in [9.17, 15) is 0 Å². The maximum Gasteiger partial charge on any atom is 0.298 e. The molecule has 1 aromatic carbocycles. The van der Waals surface area contributed by atoms with Gasteiger partial charge in [-0.05, 0) is 12.1 Å². The Morgan fingerprint density at radius 2 is 1.76 bits per heavy atom. The van der Waals surface area contributed by atoms with Crippen molar-refractivity contribution in [2.45, 2.75) is 26.3 Å². The van der Waals surface area contributed by atoms with Gasteiger partial charge >= 0.3 is 0 Å². The molecule has 0 radical (unpaired) electrons. The Hall–Kier alpha value is -2.47. The van der Waals surface area contributed by atoms with Gasteiger partial charge in [0.05, 0.1) is 0 Å². The molecule has 0 amide bonds. The lowest BCUT2D eigenvalue weighted by Gasteiger charge is -2.33. The second-order valence-corrected chi connectivity index (χ2v) is 6.83. The van der Waals surface area contributed by atoms with E-state index in [4.69, 9.17) is 4.42 Å². The van der Waals surface area contributed by atoms with Gasteiger partial charge in [-0.25, -0.2) is 9.97 Å². The number of aromatic nitrogens is 3. The fourth-order valence-electron chi connectivity index (χ4n) is 3.10. The van der Waals surface area contributed by atoms with Gasteiger partial charge in [-0.15, -0.1) is 0 Å². The minimum Gasteiger partial charge on any atom is -0.423 e. The quantitative estimate of drug-likeness (QED) is 0.729. The summed E-state index contributed by atoms with van der Waals surface area (Å²) < 4.78 is 5.87. The summed E-state index contributed by atoms with van der Waals surface area (Å²) in [7, 11) is 0. The number of anilines is 1. The van der Waals surface area contributed by atoms with E-state index < -0.39 is 0 Å². The molecule has 2 aromatic heterocycles. The van der Waals surface area contributed by atoms with Crippen molar-refractivity contribution < 1.29 is 4.42 Å². The highest BCUT2D eigenvalue weighted by molar-refractivity contribution is 5.74. The first-order valence-corrected chi connectivity index (χ1v) is 8.83. The van der Waals surface area contributed by atoms with Gasteiger partial charge < -0.3 is 9.32 Å². The van der Waals surface area contributed by atoms with E-state index in [1.807, 2.05) is 36.7 Å². The molecule has 130 valence electrons. The second-order valence-electron chi connectivity index (χ2n) is 6.83. The molecule has 1 aliphatic heterocycles. The molecule has 0 bridgehead atoms. The highest BCUT2D eigenvalue weighted by Crippen LogP contribution is 2.22. The lowest BCUT2D eigenvalue weighted by atomic mass is 10.2. The van der Waals surface area contributed by atoms with E-state index in [2.05, 4.69) is 38.6 Å². The minimum absolute atomic E-state index is 0.369. The van der Waals surface area contributed by atoms with Crippen molar-refractivity contribution in [1.82, 2.24) is 19.9 Å². The third-order valence-electron chi connectivity index (χ3n) is 4.57. The van der Waals surface area contributed by atoms with E-state index in [1.54, 1.807) is 0 Å². The van der Waals surface area contributed by atoms with Crippen LogP contribution in [-0.2, 0) is 6.54 Å². The molecule has 0 atom stereocenters. The van der Waals surface area contributed by atoms with E-state index in [1.165, 1.54) is 5.56 Å². The number of nitrogens with zero attached hydrogens (tertiary/aromatic N) is 5. The van der Waals surface area contributed by atoms with Gasteiger partial charge in [0.2, 0.25) is 0 Å². The highest BCUT2D eigenvalue weighted by Gasteiger charge is 2.21. The molecule has 1 fully saturated rings. The molecule has 0 N–H and O–H groups in total. The van der Waals surface area contributed by atoms with Crippen LogP contribution in [0.2, 0.25) is 0 Å². The van der Waals surface area contributed by atoms with Gasteiger partial charge in [-0.3, -0.25) is 4.90 Å². The zero-order valence-corrected chi connectivity index (χ0v) is 14.7. The molecule has 25 heavy (non-hydrogen) atoms. The second kappa shape index (κ2) is 6.80. The van der Waals surface area contributed by atoms with Crippen LogP contribution in [0, 0.1) is 0 Å². The molecular formula is C19H23N5O. The molecule has 4 rings (SSSR count). The van der Waals surface area contributed by atoms with Crippen molar-refractivity contribution in [2.24, 2.45) is 0 Å². The Morgan fingerprint density at radius 1 is 1.04 bits per heavy atom. The summed E-state index contributed by atoms with van der Waals surface area (Å²) >= 11 is 0. The molecule has 6 heteroatoms. The average Bonchev–Trinajstić information content (AvgIpc) is 3.07. The maximum absolute atomic E-state index is 5.87. The molecule has 0 unspecified atom stereocenters. The summed E-state index contributed by atoms with van der Waals surface area (Å²) in [5, 5.41) is 0. The van der Waals surface area contributed by atoms with Crippen molar-refractivity contribution in [3.05, 3.63) is 48.0 Å². The number of fused-ring (bicyclic) bond motifs is 1. The first kappa shape index (κ1) is 16.0. The first-order chi connectivity index (χ1) is 12.2. The van der Waals surface area contributed by atoms with E-state index in [0.717, 1.165) is 55.7 Å². The van der Waals surface area contributed by atoms with Gasteiger partial charge in [0.15, 0.2) is 5.58 Å². The van der Waals surface area contributed by atoms with Crippen molar-refractivity contribution in [3.63, 3.8) is 0 Å². The topological polar surface area (TPSA) is 58.3 Å². The number of rotatable bonds is 4. The molecule has 0 spiro atoms. The molecule has 0 saturated carbocycles. The van der Waals surface area contributed by atoms with Crippen molar-refractivity contribution in [2.75, 3.05) is 31.1 Å². The summed E-state index contributed by atoms with van der Waals surface area (Å²) in [4.78, 5) is 18.1. The van der Waals surface area contributed by atoms with E-state index in [-0.39, 0.29) is 0 Å². The van der Waals surface area contributed by atoms with Crippen LogP contribution in [0.3, 0.4) is 0 Å². The summed E-state index contributed by atoms with van der Waals surface area (Å²) in [6.45, 7) is 8.89. The summed E-state index contributed by atoms with van der Waals surface area (Å²) in [5.41, 5.74) is 2.93. The largest absolute Gasteiger partial charge is 0.423 e. The summed E-state index contributed by atoms with van der Waals surface area (Å²) in [6, 6.07) is 8.63. The predicted octanol–water partition coefficient (Wildman–Crippen LogP) is 3.06. The minimum atomic E-state index is 0.369. The monoisotopic (exact) mass is 337 g/mol. The van der Waals surface area contributed by atoms with Crippen LogP contribution < -0.4 is 4.90 Å². The highest BCUT2D eigenvalue weighted by atomic mass is 16.4. The van der Waals surface area contributed by atoms with Crippen LogP contribution in [0.4, 0.5) is 6.01 Å². The molecule has 6 nitrogen and oxygen atoms in total. The Balaban J connectivity index is 1.36. The number of hydrogen-bond donors (Lipinski definition) is 0. The zero-order chi connectivity index (χ0) is 17.2. The lowest BCUT2D eigenvalue weighted by molar-refractivity contribution is 0.245. The van der Waals surface area contributed by atoms with Crippen molar-refractivity contribution in [1.29, 1.82) is 0 Å². The van der Waals surface area contributed by atoms with Crippen LogP contribution in [-0.4, -0.2) is 46.0 Å². The van der Waals surface area contributed by atoms with Crippen molar-refractivity contribution >= 4 is 17.1 Å². The first-order valence-electron chi connectivity index (χ1n) is 8.83. The smallest absolute Gasteiger partial charge is 0.298 e. The molecule has 0 aliphatic carbocycles. The molecule has 3 heterocycles. The van der Waals surface area contributed by atoms with Crippen LogP contribution >= 0.6 is 0 Å². The number of benzene rings is 1. The molecular weight excluding hydrogens is 314 g/mol. The molecule has 3 aromatic rings. The Kier molecular flexibility index (Phi) is 4.36. The number of para-hydroxylation sites is 2. The SMILES string of the molecule is CC(C)c1ncc(CN2CCN(c3nc4ccccc4o3)CC2)cn1. The number of hydrogen-bond acceptors (Lipinski definition) is 6. The van der Waals surface area contributed by atoms with Gasteiger partial charge in [-0.1, -0.05) is 26.0 Å². The summed E-state index contributed by atoms with van der Waals surface area (Å²) in [5.74, 6) is 1.28. The maximum atomic E-state index is 5.87.